The third-order valence-corrected chi connectivity index (χ3v) is 3.79. The van der Waals surface area contributed by atoms with Gasteiger partial charge in [0.25, 0.3) is 0 Å². The number of anilines is 1. The molecule has 1 unspecified atom stereocenters. The number of carbonyl (C=O) groups excluding carboxylic acids is 1. The summed E-state index contributed by atoms with van der Waals surface area (Å²) in [6.07, 6.45) is -0.00354. The van der Waals surface area contributed by atoms with Gasteiger partial charge in [-0.25, -0.2) is 9.59 Å². The van der Waals surface area contributed by atoms with Crippen LogP contribution in [0.25, 0.3) is 0 Å². The molecule has 7 nitrogen and oxygen atoms in total. The maximum absolute atomic E-state index is 11.9. The first-order valence-corrected chi connectivity index (χ1v) is 8.18. The monoisotopic (exact) mass is 354 g/mol. The zero-order valence-corrected chi connectivity index (χ0v) is 14.2. The highest BCUT2D eigenvalue weighted by Crippen LogP contribution is 2.29. The molecule has 0 aliphatic carbocycles. The first kappa shape index (κ1) is 17.5. The molecule has 1 aliphatic rings. The Hall–Kier alpha value is -3.35. The third kappa shape index (κ3) is 3.83. The number of ether oxygens (including phenoxy) is 2. The van der Waals surface area contributed by atoms with E-state index in [9.17, 15) is 14.7 Å². The van der Waals surface area contributed by atoms with Gasteiger partial charge in [0.05, 0.1) is 12.3 Å². The van der Waals surface area contributed by atoms with Gasteiger partial charge in [0.2, 0.25) is 0 Å². The number of benzene rings is 2. The van der Waals surface area contributed by atoms with Gasteiger partial charge in [0, 0.05) is 6.42 Å². The van der Waals surface area contributed by atoms with E-state index in [1.807, 2.05) is 30.3 Å². The van der Waals surface area contributed by atoms with E-state index in [1.165, 1.54) is 5.01 Å². The molecule has 1 aliphatic heterocycles. The number of rotatable bonds is 6. The second-order valence-corrected chi connectivity index (χ2v) is 5.58. The van der Waals surface area contributed by atoms with Crippen LogP contribution in [-0.4, -0.2) is 35.4 Å². The van der Waals surface area contributed by atoms with Crippen LogP contribution in [-0.2, 0) is 14.3 Å². The van der Waals surface area contributed by atoms with E-state index in [4.69, 9.17) is 9.47 Å². The lowest BCUT2D eigenvalue weighted by atomic mass is 10.1. The van der Waals surface area contributed by atoms with Crippen LogP contribution >= 0.6 is 0 Å². The summed E-state index contributed by atoms with van der Waals surface area (Å²) < 4.78 is 10.6. The lowest BCUT2D eigenvalue weighted by Gasteiger charge is -2.20. The predicted molar refractivity (Wildman–Crippen MR) is 95.5 cm³/mol. The molecule has 0 radical (unpaired) electrons. The molecule has 1 heterocycles. The molecule has 0 amide bonds. The van der Waals surface area contributed by atoms with E-state index >= 15 is 0 Å². The van der Waals surface area contributed by atoms with E-state index in [0.29, 0.717) is 17.2 Å². The van der Waals surface area contributed by atoms with Gasteiger partial charge in [-0.1, -0.05) is 18.2 Å². The fourth-order valence-corrected chi connectivity index (χ4v) is 2.57. The van der Waals surface area contributed by atoms with Crippen molar-refractivity contribution in [2.45, 2.75) is 19.4 Å². The van der Waals surface area contributed by atoms with Crippen molar-refractivity contribution in [2.75, 3.05) is 11.6 Å². The first-order valence-electron chi connectivity index (χ1n) is 8.18. The number of hydrogen-bond donors (Lipinski definition) is 1. The van der Waals surface area contributed by atoms with Crippen LogP contribution in [0.3, 0.4) is 0 Å². The first-order chi connectivity index (χ1) is 12.6. The Morgan fingerprint density at radius 2 is 1.77 bits per heavy atom. The van der Waals surface area contributed by atoms with Crippen LogP contribution in [0.1, 0.15) is 13.3 Å². The zero-order chi connectivity index (χ0) is 18.5. The minimum atomic E-state index is -1.06. The molecule has 0 bridgehead atoms. The summed E-state index contributed by atoms with van der Waals surface area (Å²) in [5.41, 5.74) is 0.654. The van der Waals surface area contributed by atoms with Crippen molar-refractivity contribution >= 4 is 23.3 Å². The lowest BCUT2D eigenvalue weighted by Crippen LogP contribution is -2.34. The molecule has 0 spiro atoms. The van der Waals surface area contributed by atoms with Crippen LogP contribution in [0.2, 0.25) is 0 Å². The highest BCUT2D eigenvalue weighted by molar-refractivity contribution is 6.38. The molecule has 1 atom stereocenters. The Bertz CT molecular complexity index is 818. The summed E-state index contributed by atoms with van der Waals surface area (Å²) in [5.74, 6) is -0.337. The average Bonchev–Trinajstić information content (AvgIpc) is 3.09. The molecule has 7 heteroatoms. The summed E-state index contributed by atoms with van der Waals surface area (Å²) in [6, 6.07) is 15.2. The number of hydrazone groups is 1. The number of nitrogens with zero attached hydrogens (tertiary/aromatic N) is 2. The smallest absolute Gasteiger partial charge is 0.354 e. The van der Waals surface area contributed by atoms with Gasteiger partial charge in [-0.3, -0.25) is 5.01 Å². The number of aliphatic carboxylic acids is 1. The SMILES string of the molecule is CCOC(=O)C1=NN(c2ccc(Oc3ccccc3)cc2)C(C(=O)O)C1. The lowest BCUT2D eigenvalue weighted by molar-refractivity contribution is -0.138. The Morgan fingerprint density at radius 1 is 1.12 bits per heavy atom. The van der Waals surface area contributed by atoms with Gasteiger partial charge in [0.1, 0.15) is 17.2 Å². The van der Waals surface area contributed by atoms with Crippen LogP contribution in [0.15, 0.2) is 59.7 Å². The van der Waals surface area contributed by atoms with E-state index in [0.717, 1.165) is 0 Å². The summed E-state index contributed by atoms with van der Waals surface area (Å²) in [7, 11) is 0. The van der Waals surface area contributed by atoms with Crippen molar-refractivity contribution in [3.63, 3.8) is 0 Å². The van der Waals surface area contributed by atoms with Crippen LogP contribution in [0.4, 0.5) is 5.69 Å². The maximum atomic E-state index is 11.9. The van der Waals surface area contributed by atoms with E-state index in [-0.39, 0.29) is 18.7 Å². The van der Waals surface area contributed by atoms with Crippen molar-refractivity contribution < 1.29 is 24.2 Å². The fraction of sp³-hybridized carbons (Fsp3) is 0.211. The fourth-order valence-electron chi connectivity index (χ4n) is 2.57. The standard InChI is InChI=1S/C19H18N2O5/c1-2-25-19(24)16-12-17(18(22)23)21(20-16)13-8-10-15(11-9-13)26-14-6-4-3-5-7-14/h3-11,17H,2,12H2,1H3,(H,22,23). The molecule has 0 fully saturated rings. The van der Waals surface area contributed by atoms with Crippen molar-refractivity contribution in [1.82, 2.24) is 0 Å². The van der Waals surface area contributed by atoms with Gasteiger partial charge in [-0.15, -0.1) is 0 Å². The summed E-state index contributed by atoms with van der Waals surface area (Å²) >= 11 is 0. The molecule has 3 rings (SSSR count). The van der Waals surface area contributed by atoms with Gasteiger partial charge in [-0.05, 0) is 43.3 Å². The second-order valence-electron chi connectivity index (χ2n) is 5.58. The molecule has 2 aromatic rings. The topological polar surface area (TPSA) is 88.4 Å². The van der Waals surface area contributed by atoms with E-state index in [1.54, 1.807) is 31.2 Å². The average molecular weight is 354 g/mol. The number of carboxylic acid groups (broad SMARTS) is 1. The minimum Gasteiger partial charge on any atom is -0.480 e. The Kier molecular flexibility index (Phi) is 5.17. The number of esters is 1. The van der Waals surface area contributed by atoms with Gasteiger partial charge in [0.15, 0.2) is 6.04 Å². The largest absolute Gasteiger partial charge is 0.480 e. The third-order valence-electron chi connectivity index (χ3n) is 3.79. The van der Waals surface area contributed by atoms with E-state index < -0.39 is 18.0 Å². The van der Waals surface area contributed by atoms with Crippen LogP contribution < -0.4 is 9.75 Å². The predicted octanol–water partition coefficient (Wildman–Crippen LogP) is 3.06. The highest BCUT2D eigenvalue weighted by Gasteiger charge is 2.36. The van der Waals surface area contributed by atoms with Crippen molar-refractivity contribution in [2.24, 2.45) is 5.10 Å². The number of hydrogen-bond acceptors (Lipinski definition) is 6. The molecular formula is C19H18N2O5. The molecule has 2 aromatic carbocycles. The molecule has 0 saturated heterocycles. The number of carbonyl (C=O) groups is 2. The quantitative estimate of drug-likeness (QED) is 0.802. The normalized spacial score (nSPS) is 16.1. The highest BCUT2D eigenvalue weighted by atomic mass is 16.5. The summed E-state index contributed by atoms with van der Waals surface area (Å²) in [4.78, 5) is 23.4. The van der Waals surface area contributed by atoms with Crippen LogP contribution in [0.5, 0.6) is 11.5 Å². The Labute approximate surface area is 150 Å². The number of carboxylic acids is 1. The molecule has 134 valence electrons. The maximum Gasteiger partial charge on any atom is 0.354 e. The zero-order valence-electron chi connectivity index (χ0n) is 14.2. The Morgan fingerprint density at radius 3 is 2.38 bits per heavy atom. The molecule has 0 aromatic heterocycles. The molecular weight excluding hydrogens is 336 g/mol. The van der Waals surface area contributed by atoms with Crippen molar-refractivity contribution in [3.05, 3.63) is 54.6 Å². The van der Waals surface area contributed by atoms with Crippen molar-refractivity contribution in [3.8, 4) is 11.5 Å². The molecule has 0 saturated carbocycles. The molecule has 1 N–H and O–H groups in total. The number of para-hydroxylation sites is 1. The van der Waals surface area contributed by atoms with Gasteiger partial charge < -0.3 is 14.6 Å². The van der Waals surface area contributed by atoms with Gasteiger partial charge >= 0.3 is 11.9 Å². The summed E-state index contributed by atoms with van der Waals surface area (Å²) in [6.45, 7) is 1.90. The van der Waals surface area contributed by atoms with Crippen LogP contribution in [0, 0.1) is 0 Å². The van der Waals surface area contributed by atoms with E-state index in [2.05, 4.69) is 5.10 Å². The Balaban J connectivity index is 1.79. The molecule has 26 heavy (non-hydrogen) atoms. The summed E-state index contributed by atoms with van der Waals surface area (Å²) in [5, 5.41) is 14.9. The second kappa shape index (κ2) is 7.69. The van der Waals surface area contributed by atoms with Gasteiger partial charge in [-0.2, -0.15) is 5.10 Å². The minimum absolute atomic E-state index is 0.00354. The van der Waals surface area contributed by atoms with Crippen molar-refractivity contribution in [1.29, 1.82) is 0 Å².